The maximum Gasteiger partial charge on any atom is 0.262 e. The van der Waals surface area contributed by atoms with Gasteiger partial charge in [-0.05, 0) is 36.2 Å². The number of aliphatic imine (C=N–C) groups is 1. The Morgan fingerprint density at radius 3 is 2.68 bits per heavy atom. The minimum absolute atomic E-state index is 0.0187. The molecule has 7 N–H and O–H groups in total. The Morgan fingerprint density at radius 1 is 1.24 bits per heavy atom. The van der Waals surface area contributed by atoms with E-state index in [0.717, 1.165) is 5.56 Å². The average Bonchev–Trinajstić information content (AvgIpc) is 2.88. The van der Waals surface area contributed by atoms with E-state index < -0.39 is 6.04 Å². The van der Waals surface area contributed by atoms with Crippen molar-refractivity contribution in [3.63, 3.8) is 0 Å². The number of guanidine groups is 1. The molecule has 38 heavy (non-hydrogen) atoms. The van der Waals surface area contributed by atoms with Crippen molar-refractivity contribution in [1.29, 1.82) is 10.5 Å². The van der Waals surface area contributed by atoms with E-state index in [1.165, 1.54) is 7.11 Å². The number of amides is 1. The summed E-state index contributed by atoms with van der Waals surface area (Å²) in [6.07, 6.45) is 1.81. The van der Waals surface area contributed by atoms with Gasteiger partial charge in [0.15, 0.2) is 24.3 Å². The molecule has 0 aliphatic carbocycles. The first kappa shape index (κ1) is 26.1. The maximum absolute atomic E-state index is 12.5. The summed E-state index contributed by atoms with van der Waals surface area (Å²) in [6.45, 7) is 1.63. The number of para-hydroxylation sites is 1. The molecular weight excluding hydrogens is 554 g/mol. The zero-order valence-electron chi connectivity index (χ0n) is 20.3. The number of halogens is 1. The van der Waals surface area contributed by atoms with Gasteiger partial charge in [-0.1, -0.05) is 34.1 Å². The van der Waals surface area contributed by atoms with Crippen LogP contribution >= 0.6 is 15.9 Å². The molecule has 1 aliphatic heterocycles. The largest absolute Gasteiger partial charge is 0.493 e. The van der Waals surface area contributed by atoms with Gasteiger partial charge in [-0.25, -0.2) is 9.98 Å². The summed E-state index contributed by atoms with van der Waals surface area (Å²) >= 11 is 3.54. The Labute approximate surface area is 226 Å². The summed E-state index contributed by atoms with van der Waals surface area (Å²) in [6, 6.07) is 11.9. The molecule has 1 aromatic heterocycles. The maximum atomic E-state index is 12.5. The first-order chi connectivity index (χ1) is 18.3. The van der Waals surface area contributed by atoms with Crippen molar-refractivity contribution in [2.75, 3.05) is 35.8 Å². The van der Waals surface area contributed by atoms with Gasteiger partial charge in [0, 0.05) is 15.7 Å². The number of methoxy groups -OCH3 is 1. The Balaban J connectivity index is 1.68. The van der Waals surface area contributed by atoms with E-state index in [-0.39, 0.29) is 41.4 Å². The molecule has 1 aliphatic rings. The van der Waals surface area contributed by atoms with Crippen LogP contribution in [0.3, 0.4) is 0 Å². The molecule has 0 radical (unpaired) electrons. The van der Waals surface area contributed by atoms with Crippen LogP contribution in [0.25, 0.3) is 0 Å². The summed E-state index contributed by atoms with van der Waals surface area (Å²) in [5.41, 5.74) is 14.9. The lowest BCUT2D eigenvalue weighted by Crippen LogP contribution is -2.32. The number of benzene rings is 2. The lowest BCUT2D eigenvalue weighted by molar-refractivity contribution is -0.118. The van der Waals surface area contributed by atoms with Crippen LogP contribution in [0.2, 0.25) is 0 Å². The fourth-order valence-electron chi connectivity index (χ4n) is 3.88. The van der Waals surface area contributed by atoms with Crippen molar-refractivity contribution < 1.29 is 14.3 Å². The van der Waals surface area contributed by atoms with E-state index in [0.29, 0.717) is 32.8 Å². The van der Waals surface area contributed by atoms with Crippen molar-refractivity contribution in [3.05, 3.63) is 63.1 Å². The molecule has 12 nitrogen and oxygen atoms in total. The number of nitrogens with one attached hydrogen (secondary N) is 3. The highest BCUT2D eigenvalue weighted by Gasteiger charge is 2.31. The monoisotopic (exact) mass is 575 g/mol. The Hall–Kier alpha value is -5.01. The quantitative estimate of drug-likeness (QED) is 0.215. The van der Waals surface area contributed by atoms with Gasteiger partial charge in [0.05, 0.1) is 12.8 Å². The van der Waals surface area contributed by atoms with Crippen LogP contribution in [0.5, 0.6) is 11.5 Å². The number of anilines is 4. The van der Waals surface area contributed by atoms with Gasteiger partial charge in [-0.15, -0.1) is 0 Å². The van der Waals surface area contributed by atoms with Crippen LogP contribution in [0.1, 0.15) is 28.3 Å². The summed E-state index contributed by atoms with van der Waals surface area (Å²) < 4.78 is 11.8. The van der Waals surface area contributed by atoms with E-state index in [9.17, 15) is 10.1 Å². The zero-order valence-corrected chi connectivity index (χ0v) is 21.9. The second kappa shape index (κ2) is 10.9. The number of carbonyl (C=O) groups excluding carboxylic acids is 1. The number of nitrogens with two attached hydrogens (primary N) is 2. The molecule has 2 heterocycles. The first-order valence-corrected chi connectivity index (χ1v) is 11.9. The van der Waals surface area contributed by atoms with Gasteiger partial charge in [-0.3, -0.25) is 10.1 Å². The third kappa shape index (κ3) is 5.09. The SMILES string of the molecule is COc1cc(C2N=C(NC#N)Nc3nc(N)c(C#N)c(N)c32)c(Br)cc1OCC(=O)Nc1ccccc1C. The van der Waals surface area contributed by atoms with Crippen molar-refractivity contribution in [2.24, 2.45) is 4.99 Å². The molecular formula is C25H22BrN9O3. The number of carbonyl (C=O) groups is 1. The van der Waals surface area contributed by atoms with Crippen LogP contribution in [0.15, 0.2) is 45.9 Å². The van der Waals surface area contributed by atoms with Crippen LogP contribution in [0.4, 0.5) is 23.0 Å². The van der Waals surface area contributed by atoms with Gasteiger partial charge in [0.25, 0.3) is 5.91 Å². The lowest BCUT2D eigenvalue weighted by Gasteiger charge is -2.27. The predicted molar refractivity (Wildman–Crippen MR) is 145 cm³/mol. The summed E-state index contributed by atoms with van der Waals surface area (Å²) in [5, 5.41) is 26.8. The Morgan fingerprint density at radius 2 is 2.00 bits per heavy atom. The van der Waals surface area contributed by atoms with Crippen LogP contribution < -0.4 is 36.9 Å². The lowest BCUT2D eigenvalue weighted by atomic mass is 9.95. The normalized spacial score (nSPS) is 13.6. The smallest absolute Gasteiger partial charge is 0.262 e. The van der Waals surface area contributed by atoms with Gasteiger partial charge in [-0.2, -0.15) is 10.5 Å². The number of ether oxygens (including phenoxy) is 2. The van der Waals surface area contributed by atoms with Gasteiger partial charge in [0.2, 0.25) is 5.96 Å². The number of aromatic nitrogens is 1. The van der Waals surface area contributed by atoms with Crippen molar-refractivity contribution in [3.8, 4) is 23.8 Å². The molecule has 3 aromatic rings. The number of pyridine rings is 1. The predicted octanol–water partition coefficient (Wildman–Crippen LogP) is 3.16. The number of hydrogen-bond donors (Lipinski definition) is 5. The Kier molecular flexibility index (Phi) is 7.50. The minimum Gasteiger partial charge on any atom is -0.493 e. The Bertz CT molecular complexity index is 1540. The number of fused-ring (bicyclic) bond motifs is 1. The van der Waals surface area contributed by atoms with Crippen molar-refractivity contribution in [1.82, 2.24) is 10.3 Å². The molecule has 0 fully saturated rings. The second-order valence-corrected chi connectivity index (χ2v) is 8.93. The van der Waals surface area contributed by atoms with Gasteiger partial charge in [0.1, 0.15) is 29.3 Å². The van der Waals surface area contributed by atoms with Crippen molar-refractivity contribution >= 4 is 50.8 Å². The molecule has 1 amide bonds. The summed E-state index contributed by atoms with van der Waals surface area (Å²) in [4.78, 5) is 21.3. The molecule has 0 bridgehead atoms. The fraction of sp³-hybridized carbons (Fsp3) is 0.160. The third-order valence-corrected chi connectivity index (χ3v) is 6.40. The van der Waals surface area contributed by atoms with E-state index in [1.807, 2.05) is 31.2 Å². The number of hydrogen-bond acceptors (Lipinski definition) is 11. The summed E-state index contributed by atoms with van der Waals surface area (Å²) in [5.74, 6) is 0.580. The van der Waals surface area contributed by atoms with Gasteiger partial charge >= 0.3 is 0 Å². The standard InChI is InChI=1S/C25H22BrN9O3/c1-12-5-3-4-6-16(12)32-19(36)10-38-18-8-15(26)13(7-17(18)37-2)22-20-21(29)14(9-27)23(30)34-24(20)35-25(33-22)31-11-28/h3-8,22H,10H2,1-2H3,(H,32,36)(H6,29,30,31,33,34,35). The van der Waals surface area contributed by atoms with E-state index in [1.54, 1.807) is 24.4 Å². The molecule has 1 unspecified atom stereocenters. The number of nitrogen functional groups attached to an aromatic ring is 2. The first-order valence-electron chi connectivity index (χ1n) is 11.1. The molecule has 13 heteroatoms. The van der Waals surface area contributed by atoms with Gasteiger partial charge < -0.3 is 31.6 Å². The molecule has 4 rings (SSSR count). The molecule has 0 saturated carbocycles. The third-order valence-electron chi connectivity index (χ3n) is 5.71. The van der Waals surface area contributed by atoms with E-state index in [4.69, 9.17) is 26.2 Å². The highest BCUT2D eigenvalue weighted by atomic mass is 79.9. The molecule has 0 spiro atoms. The molecule has 0 saturated heterocycles. The fourth-order valence-corrected chi connectivity index (χ4v) is 4.42. The van der Waals surface area contributed by atoms with Crippen LogP contribution in [0, 0.1) is 29.7 Å². The second-order valence-electron chi connectivity index (χ2n) is 8.08. The molecule has 192 valence electrons. The highest BCUT2D eigenvalue weighted by molar-refractivity contribution is 9.10. The van der Waals surface area contributed by atoms with Crippen molar-refractivity contribution in [2.45, 2.75) is 13.0 Å². The topological polar surface area (TPSA) is 196 Å². The minimum atomic E-state index is -0.802. The molecule has 1 atom stereocenters. The van der Waals surface area contributed by atoms with Crippen LogP contribution in [-0.2, 0) is 4.79 Å². The molecule has 2 aromatic carbocycles. The van der Waals surface area contributed by atoms with Crippen LogP contribution in [-0.4, -0.2) is 30.6 Å². The summed E-state index contributed by atoms with van der Waals surface area (Å²) in [7, 11) is 1.46. The van der Waals surface area contributed by atoms with E-state index in [2.05, 4.69) is 41.9 Å². The number of aryl methyl sites for hydroxylation is 1. The number of rotatable bonds is 6. The number of nitrogens with zero attached hydrogens (tertiary/aromatic N) is 4. The van der Waals surface area contributed by atoms with E-state index >= 15 is 0 Å². The number of nitriles is 2. The highest BCUT2D eigenvalue weighted by Crippen LogP contribution is 2.45. The zero-order chi connectivity index (χ0) is 27.4. The average molecular weight is 576 g/mol.